The minimum Gasteiger partial charge on any atom is -0.379 e. The Kier molecular flexibility index (Phi) is 4.94. The standard InChI is InChI=1S/C18H27N3O3/c1-13(22)21-10-5-4-6-16(21)15-7-8-17(20(15)3)18(23)19(2)14-9-11-24-12-14/h7-8,14,16H,4-6,9-12H2,1-3H3/t14-,16+/m1/s1. The minimum absolute atomic E-state index is 0.0180. The van der Waals surface area contributed by atoms with E-state index in [0.717, 1.165) is 44.5 Å². The largest absolute Gasteiger partial charge is 0.379 e. The highest BCUT2D eigenvalue weighted by Gasteiger charge is 2.31. The molecule has 0 saturated carbocycles. The Bertz CT molecular complexity index is 619. The maximum Gasteiger partial charge on any atom is 0.270 e. The Hall–Kier alpha value is -1.82. The fourth-order valence-electron chi connectivity index (χ4n) is 3.87. The van der Waals surface area contributed by atoms with E-state index in [1.54, 1.807) is 11.8 Å². The smallest absolute Gasteiger partial charge is 0.270 e. The van der Waals surface area contributed by atoms with E-state index in [1.165, 1.54) is 0 Å². The number of hydrogen-bond acceptors (Lipinski definition) is 3. The molecule has 2 aliphatic rings. The number of rotatable bonds is 3. The van der Waals surface area contributed by atoms with Crippen molar-refractivity contribution in [2.24, 2.45) is 7.05 Å². The highest BCUT2D eigenvalue weighted by molar-refractivity contribution is 5.93. The molecule has 6 heteroatoms. The van der Waals surface area contributed by atoms with Gasteiger partial charge in [0.2, 0.25) is 5.91 Å². The summed E-state index contributed by atoms with van der Waals surface area (Å²) in [7, 11) is 3.77. The molecule has 132 valence electrons. The highest BCUT2D eigenvalue weighted by atomic mass is 16.5. The van der Waals surface area contributed by atoms with E-state index < -0.39 is 0 Å². The molecule has 2 amide bonds. The van der Waals surface area contributed by atoms with Gasteiger partial charge in [0, 0.05) is 39.9 Å². The third kappa shape index (κ3) is 3.07. The Balaban J connectivity index is 1.82. The lowest BCUT2D eigenvalue weighted by Crippen LogP contribution is -2.39. The SMILES string of the molecule is CC(=O)N1CCCC[C@H]1c1ccc(C(=O)N(C)[C@@H]2CCOC2)n1C. The van der Waals surface area contributed by atoms with E-state index in [9.17, 15) is 9.59 Å². The van der Waals surface area contributed by atoms with Gasteiger partial charge in [0.05, 0.1) is 18.7 Å². The summed E-state index contributed by atoms with van der Waals surface area (Å²) in [6.07, 6.45) is 4.01. The second-order valence-electron chi connectivity index (χ2n) is 6.86. The molecule has 2 atom stereocenters. The first-order valence-electron chi connectivity index (χ1n) is 8.78. The van der Waals surface area contributed by atoms with Gasteiger partial charge in [0.25, 0.3) is 5.91 Å². The van der Waals surface area contributed by atoms with Gasteiger partial charge >= 0.3 is 0 Å². The summed E-state index contributed by atoms with van der Waals surface area (Å²) in [5.74, 6) is 0.124. The second kappa shape index (κ2) is 6.97. The number of carbonyl (C=O) groups excluding carboxylic acids is 2. The number of hydrogen-bond donors (Lipinski definition) is 0. The zero-order valence-electron chi connectivity index (χ0n) is 14.8. The van der Waals surface area contributed by atoms with Gasteiger partial charge in [-0.25, -0.2) is 0 Å². The molecule has 3 rings (SSSR count). The van der Waals surface area contributed by atoms with E-state index >= 15 is 0 Å². The zero-order chi connectivity index (χ0) is 17.3. The molecule has 2 aliphatic heterocycles. The van der Waals surface area contributed by atoms with Crippen LogP contribution in [0.1, 0.15) is 54.8 Å². The highest BCUT2D eigenvalue weighted by Crippen LogP contribution is 2.32. The molecule has 0 radical (unpaired) electrons. The van der Waals surface area contributed by atoms with Crippen molar-refractivity contribution in [2.75, 3.05) is 26.8 Å². The van der Waals surface area contributed by atoms with Crippen molar-refractivity contribution in [3.63, 3.8) is 0 Å². The zero-order valence-corrected chi connectivity index (χ0v) is 14.8. The third-order valence-electron chi connectivity index (χ3n) is 5.40. The van der Waals surface area contributed by atoms with Gasteiger partial charge in [-0.3, -0.25) is 9.59 Å². The van der Waals surface area contributed by atoms with Gasteiger partial charge in [0.1, 0.15) is 5.69 Å². The molecular weight excluding hydrogens is 306 g/mol. The van der Waals surface area contributed by atoms with Gasteiger partial charge in [0.15, 0.2) is 0 Å². The molecule has 6 nitrogen and oxygen atoms in total. The van der Waals surface area contributed by atoms with E-state index in [-0.39, 0.29) is 23.9 Å². The number of piperidine rings is 1. The maximum atomic E-state index is 12.8. The lowest BCUT2D eigenvalue weighted by atomic mass is 9.99. The van der Waals surface area contributed by atoms with E-state index in [4.69, 9.17) is 4.74 Å². The molecular formula is C18H27N3O3. The van der Waals surface area contributed by atoms with E-state index in [2.05, 4.69) is 0 Å². The van der Waals surface area contributed by atoms with Crippen molar-refractivity contribution in [1.82, 2.24) is 14.4 Å². The third-order valence-corrected chi connectivity index (χ3v) is 5.40. The molecule has 0 spiro atoms. The fraction of sp³-hybridized carbons (Fsp3) is 0.667. The molecule has 0 unspecified atom stereocenters. The quantitative estimate of drug-likeness (QED) is 0.850. The maximum absolute atomic E-state index is 12.8. The van der Waals surface area contributed by atoms with E-state index in [0.29, 0.717) is 12.3 Å². The second-order valence-corrected chi connectivity index (χ2v) is 6.86. The first kappa shape index (κ1) is 17.0. The van der Waals surface area contributed by atoms with Crippen molar-refractivity contribution in [3.8, 4) is 0 Å². The van der Waals surface area contributed by atoms with Crippen LogP contribution in [0, 0.1) is 0 Å². The molecule has 2 fully saturated rings. The Labute approximate surface area is 143 Å². The Morgan fingerprint density at radius 2 is 2.04 bits per heavy atom. The fourth-order valence-corrected chi connectivity index (χ4v) is 3.87. The first-order valence-corrected chi connectivity index (χ1v) is 8.78. The number of amides is 2. The number of aromatic nitrogens is 1. The van der Waals surface area contributed by atoms with Crippen LogP contribution in [0.15, 0.2) is 12.1 Å². The van der Waals surface area contributed by atoms with Gasteiger partial charge in [-0.1, -0.05) is 0 Å². The van der Waals surface area contributed by atoms with Crippen LogP contribution in [0.5, 0.6) is 0 Å². The van der Waals surface area contributed by atoms with Crippen LogP contribution < -0.4 is 0 Å². The van der Waals surface area contributed by atoms with Crippen LogP contribution >= 0.6 is 0 Å². The van der Waals surface area contributed by atoms with Crippen LogP contribution in [0.2, 0.25) is 0 Å². The number of nitrogens with zero attached hydrogens (tertiary/aromatic N) is 3. The number of ether oxygens (including phenoxy) is 1. The molecule has 1 aromatic heterocycles. The molecule has 0 N–H and O–H groups in total. The van der Waals surface area contributed by atoms with Crippen molar-refractivity contribution in [3.05, 3.63) is 23.5 Å². The topological polar surface area (TPSA) is 54.8 Å². The summed E-state index contributed by atoms with van der Waals surface area (Å²) < 4.78 is 7.35. The summed E-state index contributed by atoms with van der Waals surface area (Å²) in [6, 6.07) is 4.11. The monoisotopic (exact) mass is 333 g/mol. The van der Waals surface area contributed by atoms with Crippen LogP contribution in [-0.4, -0.2) is 59.0 Å². The Morgan fingerprint density at radius 3 is 2.71 bits per heavy atom. The molecule has 2 saturated heterocycles. The molecule has 24 heavy (non-hydrogen) atoms. The summed E-state index contributed by atoms with van der Waals surface area (Å²) in [5, 5.41) is 0. The summed E-state index contributed by atoms with van der Waals surface area (Å²) in [6.45, 7) is 3.76. The minimum atomic E-state index is 0.0180. The molecule has 3 heterocycles. The number of likely N-dealkylation sites (tertiary alicyclic amines) is 1. The lowest BCUT2D eigenvalue weighted by molar-refractivity contribution is -0.132. The molecule has 1 aromatic rings. The van der Waals surface area contributed by atoms with Crippen molar-refractivity contribution < 1.29 is 14.3 Å². The molecule has 0 aliphatic carbocycles. The van der Waals surface area contributed by atoms with Crippen LogP contribution in [0.3, 0.4) is 0 Å². The summed E-state index contributed by atoms with van der Waals surface area (Å²) in [4.78, 5) is 28.5. The number of likely N-dealkylation sites (N-methyl/N-ethyl adjacent to an activating group) is 1. The Morgan fingerprint density at radius 1 is 1.25 bits per heavy atom. The molecule has 0 bridgehead atoms. The van der Waals surface area contributed by atoms with Crippen molar-refractivity contribution in [1.29, 1.82) is 0 Å². The summed E-state index contributed by atoms with van der Waals surface area (Å²) in [5.41, 5.74) is 1.72. The van der Waals surface area contributed by atoms with Crippen LogP contribution in [0.25, 0.3) is 0 Å². The van der Waals surface area contributed by atoms with Crippen LogP contribution in [0.4, 0.5) is 0 Å². The average Bonchev–Trinajstić information content (AvgIpc) is 3.23. The number of carbonyl (C=O) groups is 2. The first-order chi connectivity index (χ1) is 11.5. The molecule has 0 aromatic carbocycles. The van der Waals surface area contributed by atoms with Gasteiger partial charge in [-0.15, -0.1) is 0 Å². The average molecular weight is 333 g/mol. The van der Waals surface area contributed by atoms with Crippen molar-refractivity contribution >= 4 is 11.8 Å². The lowest BCUT2D eigenvalue weighted by Gasteiger charge is -2.35. The van der Waals surface area contributed by atoms with Crippen LogP contribution in [-0.2, 0) is 16.6 Å². The predicted molar refractivity (Wildman–Crippen MR) is 90.7 cm³/mol. The van der Waals surface area contributed by atoms with Gasteiger partial charge in [-0.05, 0) is 37.8 Å². The van der Waals surface area contributed by atoms with Gasteiger partial charge in [-0.2, -0.15) is 0 Å². The normalized spacial score (nSPS) is 24.2. The predicted octanol–water partition coefficient (Wildman–Crippen LogP) is 1.96. The van der Waals surface area contributed by atoms with E-state index in [1.807, 2.05) is 35.7 Å². The van der Waals surface area contributed by atoms with Crippen molar-refractivity contribution in [2.45, 2.75) is 44.7 Å². The summed E-state index contributed by atoms with van der Waals surface area (Å²) >= 11 is 0. The van der Waals surface area contributed by atoms with Gasteiger partial charge < -0.3 is 19.1 Å².